The number of carbonyl (C=O) groups is 3. The topological polar surface area (TPSA) is 84.9 Å². The molecule has 0 aliphatic carbocycles. The van der Waals surface area contributed by atoms with Crippen LogP contribution in [0.4, 0.5) is 14.9 Å². The zero-order valence-electron chi connectivity index (χ0n) is 19.0. The third-order valence-electron chi connectivity index (χ3n) is 5.08. The number of amides is 3. The minimum atomic E-state index is -0.583. The number of imide groups is 1. The lowest BCUT2D eigenvalue weighted by Gasteiger charge is -2.14. The molecule has 3 aromatic rings. The van der Waals surface area contributed by atoms with Crippen LogP contribution >= 0.6 is 23.4 Å². The van der Waals surface area contributed by atoms with Gasteiger partial charge < -0.3 is 14.8 Å². The first-order valence-electron chi connectivity index (χ1n) is 10.7. The number of nitrogens with zero attached hydrogens (tertiary/aromatic N) is 1. The molecule has 0 saturated carbocycles. The van der Waals surface area contributed by atoms with Gasteiger partial charge in [-0.2, -0.15) is 0 Å². The lowest BCUT2D eigenvalue weighted by molar-refractivity contribution is -0.127. The third kappa shape index (κ3) is 6.05. The van der Waals surface area contributed by atoms with E-state index < -0.39 is 23.6 Å². The molecular formula is C26H20ClFN2O5S. The molecule has 1 aliphatic heterocycles. The van der Waals surface area contributed by atoms with Crippen molar-refractivity contribution in [2.24, 2.45) is 0 Å². The highest BCUT2D eigenvalue weighted by Gasteiger charge is 2.36. The maximum absolute atomic E-state index is 13.1. The highest BCUT2D eigenvalue weighted by atomic mass is 35.5. The highest BCUT2D eigenvalue weighted by Crippen LogP contribution is 2.39. The van der Waals surface area contributed by atoms with Crippen LogP contribution in [-0.2, 0) is 16.2 Å². The summed E-state index contributed by atoms with van der Waals surface area (Å²) < 4.78 is 24.3. The lowest BCUT2D eigenvalue weighted by Crippen LogP contribution is -2.36. The Morgan fingerprint density at radius 1 is 1.11 bits per heavy atom. The molecule has 0 bridgehead atoms. The summed E-state index contributed by atoms with van der Waals surface area (Å²) in [5.74, 6) is -0.819. The first-order valence-corrected chi connectivity index (χ1v) is 11.9. The molecule has 1 N–H and O–H groups in total. The predicted octanol–water partition coefficient (Wildman–Crippen LogP) is 5.74. The number of anilines is 1. The van der Waals surface area contributed by atoms with Crippen molar-refractivity contribution in [2.45, 2.75) is 6.61 Å². The van der Waals surface area contributed by atoms with E-state index in [1.165, 1.54) is 25.3 Å². The Labute approximate surface area is 215 Å². The molecule has 7 nitrogen and oxygen atoms in total. The van der Waals surface area contributed by atoms with Gasteiger partial charge in [0.15, 0.2) is 11.5 Å². The second-order valence-electron chi connectivity index (χ2n) is 7.63. The Bertz CT molecular complexity index is 1330. The SMILES string of the molecule is COc1cc(/C=C2\SC(=O)N(CC(=O)Nc3ccccc3)C2=O)cc(Cl)c1OCc1ccc(F)cc1. The summed E-state index contributed by atoms with van der Waals surface area (Å²) in [6, 6.07) is 17.8. The number of thioether (sulfide) groups is 1. The number of ether oxygens (including phenoxy) is 2. The Hall–Kier alpha value is -3.82. The van der Waals surface area contributed by atoms with Gasteiger partial charge in [0.2, 0.25) is 5.91 Å². The third-order valence-corrected chi connectivity index (χ3v) is 6.27. The van der Waals surface area contributed by atoms with E-state index >= 15 is 0 Å². The Kier molecular flexibility index (Phi) is 7.92. The van der Waals surface area contributed by atoms with Crippen LogP contribution in [0.5, 0.6) is 11.5 Å². The molecule has 10 heteroatoms. The van der Waals surface area contributed by atoms with E-state index in [-0.39, 0.29) is 28.1 Å². The van der Waals surface area contributed by atoms with Crippen molar-refractivity contribution in [2.75, 3.05) is 19.0 Å². The van der Waals surface area contributed by atoms with Crippen LogP contribution in [0.1, 0.15) is 11.1 Å². The molecule has 0 atom stereocenters. The molecule has 0 spiro atoms. The Morgan fingerprint density at radius 3 is 2.53 bits per heavy atom. The van der Waals surface area contributed by atoms with Gasteiger partial charge in [-0.15, -0.1) is 0 Å². The summed E-state index contributed by atoms with van der Waals surface area (Å²) in [5, 5.41) is 2.33. The molecule has 1 saturated heterocycles. The first-order chi connectivity index (χ1) is 17.3. The van der Waals surface area contributed by atoms with Gasteiger partial charge in [-0.25, -0.2) is 4.39 Å². The van der Waals surface area contributed by atoms with Crippen molar-refractivity contribution in [3.05, 3.63) is 93.6 Å². The fourth-order valence-electron chi connectivity index (χ4n) is 3.35. The maximum Gasteiger partial charge on any atom is 0.294 e. The smallest absolute Gasteiger partial charge is 0.294 e. The van der Waals surface area contributed by atoms with Gasteiger partial charge in [0, 0.05) is 5.69 Å². The standard InChI is InChI=1S/C26H20ClFN2O5S/c1-34-21-12-17(11-20(27)24(21)35-15-16-7-9-18(28)10-8-16)13-22-25(32)30(26(33)36-22)14-23(31)29-19-5-3-2-4-6-19/h2-13H,14-15H2,1H3,(H,29,31)/b22-13-. The molecular weight excluding hydrogens is 507 g/mol. The van der Waals surface area contributed by atoms with Gasteiger partial charge in [0.05, 0.1) is 17.0 Å². The number of para-hydroxylation sites is 1. The van der Waals surface area contributed by atoms with Crippen LogP contribution in [0.25, 0.3) is 6.08 Å². The molecule has 4 rings (SSSR count). The Balaban J connectivity index is 1.47. The number of nitrogens with one attached hydrogen (secondary N) is 1. The summed E-state index contributed by atoms with van der Waals surface area (Å²) in [4.78, 5) is 38.6. The van der Waals surface area contributed by atoms with Crippen LogP contribution in [0.15, 0.2) is 71.6 Å². The minimum Gasteiger partial charge on any atom is -0.493 e. The average Bonchev–Trinajstić information content (AvgIpc) is 3.12. The van der Waals surface area contributed by atoms with Gasteiger partial charge in [-0.05, 0) is 65.4 Å². The molecule has 1 aliphatic rings. The lowest BCUT2D eigenvalue weighted by atomic mass is 10.1. The van der Waals surface area contributed by atoms with E-state index in [0.29, 0.717) is 17.0 Å². The maximum atomic E-state index is 13.1. The van der Waals surface area contributed by atoms with E-state index in [2.05, 4.69) is 5.32 Å². The fraction of sp³-hybridized carbons (Fsp3) is 0.115. The minimum absolute atomic E-state index is 0.139. The summed E-state index contributed by atoms with van der Waals surface area (Å²) in [5.41, 5.74) is 1.81. The van der Waals surface area contributed by atoms with Gasteiger partial charge in [-0.1, -0.05) is 41.9 Å². The number of carbonyl (C=O) groups excluding carboxylic acids is 3. The van der Waals surface area contributed by atoms with Crippen molar-refractivity contribution in [3.63, 3.8) is 0 Å². The number of hydrogen-bond acceptors (Lipinski definition) is 6. The monoisotopic (exact) mass is 526 g/mol. The summed E-state index contributed by atoms with van der Waals surface area (Å²) in [7, 11) is 1.44. The quantitative estimate of drug-likeness (QED) is 0.377. The molecule has 0 aromatic heterocycles. The van der Waals surface area contributed by atoms with E-state index in [9.17, 15) is 18.8 Å². The van der Waals surface area contributed by atoms with Crippen LogP contribution in [0, 0.1) is 5.82 Å². The molecule has 0 radical (unpaired) electrons. The molecule has 3 aromatic carbocycles. The second-order valence-corrected chi connectivity index (χ2v) is 9.03. The van der Waals surface area contributed by atoms with Crippen molar-refractivity contribution in [1.29, 1.82) is 0 Å². The van der Waals surface area contributed by atoms with Crippen molar-refractivity contribution < 1.29 is 28.2 Å². The zero-order chi connectivity index (χ0) is 25.7. The molecule has 3 amide bonds. The number of hydrogen-bond donors (Lipinski definition) is 1. The van der Waals surface area contributed by atoms with Crippen LogP contribution in [-0.4, -0.2) is 35.6 Å². The van der Waals surface area contributed by atoms with Crippen LogP contribution in [0.3, 0.4) is 0 Å². The van der Waals surface area contributed by atoms with Crippen molar-refractivity contribution in [3.8, 4) is 11.5 Å². The zero-order valence-corrected chi connectivity index (χ0v) is 20.6. The van der Waals surface area contributed by atoms with Crippen LogP contribution in [0.2, 0.25) is 5.02 Å². The van der Waals surface area contributed by atoms with Gasteiger partial charge >= 0.3 is 0 Å². The van der Waals surface area contributed by atoms with Crippen molar-refractivity contribution >= 4 is 52.2 Å². The van der Waals surface area contributed by atoms with Crippen LogP contribution < -0.4 is 14.8 Å². The second kappa shape index (κ2) is 11.3. The molecule has 184 valence electrons. The van der Waals surface area contributed by atoms with Gasteiger partial charge in [0.25, 0.3) is 11.1 Å². The number of benzene rings is 3. The molecule has 1 fully saturated rings. The largest absolute Gasteiger partial charge is 0.493 e. The predicted molar refractivity (Wildman–Crippen MR) is 136 cm³/mol. The normalized spacial score (nSPS) is 14.3. The molecule has 0 unspecified atom stereocenters. The van der Waals surface area contributed by atoms with Gasteiger partial charge in [0.1, 0.15) is 19.0 Å². The van der Waals surface area contributed by atoms with Gasteiger partial charge in [-0.3, -0.25) is 19.3 Å². The van der Waals surface area contributed by atoms with E-state index in [1.807, 2.05) is 6.07 Å². The first kappa shape index (κ1) is 25.3. The highest BCUT2D eigenvalue weighted by molar-refractivity contribution is 8.18. The number of rotatable bonds is 8. The van der Waals surface area contributed by atoms with E-state index in [4.69, 9.17) is 21.1 Å². The number of methoxy groups -OCH3 is 1. The summed E-state index contributed by atoms with van der Waals surface area (Å²) in [6.45, 7) is -0.267. The molecule has 1 heterocycles. The Morgan fingerprint density at radius 2 is 1.83 bits per heavy atom. The average molecular weight is 527 g/mol. The van der Waals surface area contributed by atoms with E-state index in [1.54, 1.807) is 48.5 Å². The summed E-state index contributed by atoms with van der Waals surface area (Å²) in [6.07, 6.45) is 1.50. The summed E-state index contributed by atoms with van der Waals surface area (Å²) >= 11 is 7.14. The van der Waals surface area contributed by atoms with E-state index in [0.717, 1.165) is 22.2 Å². The fourth-order valence-corrected chi connectivity index (χ4v) is 4.46. The number of halogens is 2. The molecule has 36 heavy (non-hydrogen) atoms. The van der Waals surface area contributed by atoms with Crippen molar-refractivity contribution in [1.82, 2.24) is 4.90 Å².